The molecule has 2 aromatic rings. The van der Waals surface area contributed by atoms with E-state index in [1.807, 2.05) is 12.1 Å². The average molecular weight is 370 g/mol. The highest BCUT2D eigenvalue weighted by atomic mass is 16.5. The molecule has 7 heteroatoms. The number of aryl methyl sites for hydroxylation is 1. The van der Waals surface area contributed by atoms with E-state index in [2.05, 4.69) is 27.2 Å². The van der Waals surface area contributed by atoms with Crippen LogP contribution in [0.4, 0.5) is 5.69 Å². The summed E-state index contributed by atoms with van der Waals surface area (Å²) in [5, 5.41) is 2.85. The topological polar surface area (TPSA) is 66.8 Å². The Morgan fingerprint density at radius 3 is 2.48 bits per heavy atom. The van der Waals surface area contributed by atoms with Crippen LogP contribution in [-0.2, 0) is 7.05 Å². The van der Waals surface area contributed by atoms with Crippen LogP contribution in [-0.4, -0.2) is 61.8 Å². The number of nitrogens with one attached hydrogen (secondary N) is 1. The van der Waals surface area contributed by atoms with Gasteiger partial charge in [0.25, 0.3) is 11.5 Å². The van der Waals surface area contributed by atoms with Crippen molar-refractivity contribution in [2.24, 2.45) is 7.05 Å². The fraction of sp³-hybridized carbons (Fsp3) is 0.400. The Bertz CT molecular complexity index is 824. The molecule has 1 aromatic carbocycles. The molecular weight excluding hydrogens is 344 g/mol. The Kier molecular flexibility index (Phi) is 6.13. The molecule has 144 valence electrons. The summed E-state index contributed by atoms with van der Waals surface area (Å²) in [6.07, 6.45) is 1.64. The first-order valence-electron chi connectivity index (χ1n) is 9.13. The maximum atomic E-state index is 12.2. The number of methoxy groups -OCH3 is 1. The fourth-order valence-corrected chi connectivity index (χ4v) is 3.22. The minimum atomic E-state index is -0.312. The van der Waals surface area contributed by atoms with Gasteiger partial charge in [-0.3, -0.25) is 14.5 Å². The Balaban J connectivity index is 1.43. The molecule has 0 bridgehead atoms. The molecule has 3 rings (SSSR count). The zero-order chi connectivity index (χ0) is 19.2. The van der Waals surface area contributed by atoms with Crippen LogP contribution in [0.25, 0.3) is 0 Å². The van der Waals surface area contributed by atoms with Gasteiger partial charge >= 0.3 is 0 Å². The number of piperazine rings is 1. The average Bonchev–Trinajstić information content (AvgIpc) is 2.70. The van der Waals surface area contributed by atoms with Crippen LogP contribution in [0, 0.1) is 0 Å². The van der Waals surface area contributed by atoms with Gasteiger partial charge in [0.15, 0.2) is 0 Å². The monoisotopic (exact) mass is 370 g/mol. The number of amides is 1. The third kappa shape index (κ3) is 4.68. The van der Waals surface area contributed by atoms with Gasteiger partial charge < -0.3 is 19.5 Å². The zero-order valence-electron chi connectivity index (χ0n) is 15.9. The van der Waals surface area contributed by atoms with Crippen molar-refractivity contribution >= 4 is 11.6 Å². The SMILES string of the molecule is COc1ccc(N2CCN(CCNC(=O)c3cccn(C)c3=O)CC2)cc1. The lowest BCUT2D eigenvalue weighted by Crippen LogP contribution is -2.48. The molecule has 7 nitrogen and oxygen atoms in total. The minimum Gasteiger partial charge on any atom is -0.497 e. The van der Waals surface area contributed by atoms with E-state index in [-0.39, 0.29) is 17.0 Å². The molecule has 0 aliphatic carbocycles. The lowest BCUT2D eigenvalue weighted by Gasteiger charge is -2.36. The second kappa shape index (κ2) is 8.73. The van der Waals surface area contributed by atoms with Crippen molar-refractivity contribution in [1.29, 1.82) is 0 Å². The van der Waals surface area contributed by atoms with E-state index < -0.39 is 0 Å². The van der Waals surface area contributed by atoms with Crippen LogP contribution in [0.3, 0.4) is 0 Å². The first-order chi connectivity index (χ1) is 13.1. The summed E-state index contributed by atoms with van der Waals surface area (Å²) in [5.74, 6) is 0.550. The van der Waals surface area contributed by atoms with Crippen LogP contribution in [0.15, 0.2) is 47.4 Å². The molecule has 0 radical (unpaired) electrons. The molecule has 1 amide bonds. The molecule has 1 aliphatic heterocycles. The molecule has 27 heavy (non-hydrogen) atoms. The van der Waals surface area contributed by atoms with Crippen LogP contribution >= 0.6 is 0 Å². The van der Waals surface area contributed by atoms with E-state index in [0.29, 0.717) is 6.54 Å². The maximum Gasteiger partial charge on any atom is 0.263 e. The highest BCUT2D eigenvalue weighted by Gasteiger charge is 2.17. The van der Waals surface area contributed by atoms with Crippen molar-refractivity contribution in [2.75, 3.05) is 51.3 Å². The van der Waals surface area contributed by atoms with Crippen molar-refractivity contribution in [3.05, 3.63) is 58.5 Å². The lowest BCUT2D eigenvalue weighted by molar-refractivity contribution is 0.0945. The number of anilines is 1. The molecule has 0 saturated carbocycles. The molecule has 2 heterocycles. The first kappa shape index (κ1) is 19.0. The summed E-state index contributed by atoms with van der Waals surface area (Å²) < 4.78 is 6.61. The van der Waals surface area contributed by atoms with Crippen LogP contribution in [0.5, 0.6) is 5.75 Å². The van der Waals surface area contributed by atoms with Gasteiger partial charge in [-0.15, -0.1) is 0 Å². The van der Waals surface area contributed by atoms with Crippen molar-refractivity contribution in [2.45, 2.75) is 0 Å². The number of carbonyl (C=O) groups excluding carboxylic acids is 1. The predicted molar refractivity (Wildman–Crippen MR) is 106 cm³/mol. The van der Waals surface area contributed by atoms with Gasteiger partial charge in [0.05, 0.1) is 7.11 Å². The van der Waals surface area contributed by atoms with E-state index in [4.69, 9.17) is 4.74 Å². The van der Waals surface area contributed by atoms with Crippen molar-refractivity contribution in [3.8, 4) is 5.75 Å². The van der Waals surface area contributed by atoms with E-state index in [1.54, 1.807) is 32.5 Å². The molecule has 0 unspecified atom stereocenters. The Morgan fingerprint density at radius 1 is 1.11 bits per heavy atom. The summed E-state index contributed by atoms with van der Waals surface area (Å²) in [7, 11) is 3.31. The molecule has 0 spiro atoms. The normalized spacial score (nSPS) is 14.8. The molecule has 1 N–H and O–H groups in total. The van der Waals surface area contributed by atoms with E-state index >= 15 is 0 Å². The Labute approximate surface area is 159 Å². The fourth-order valence-electron chi connectivity index (χ4n) is 3.22. The summed E-state index contributed by atoms with van der Waals surface area (Å²) >= 11 is 0. The Morgan fingerprint density at radius 2 is 1.81 bits per heavy atom. The number of pyridine rings is 1. The summed E-state index contributed by atoms with van der Waals surface area (Å²) in [5.41, 5.74) is 1.11. The number of aromatic nitrogens is 1. The standard InChI is InChI=1S/C20H26N4O3/c1-22-10-3-4-18(20(22)26)19(25)21-9-11-23-12-14-24(15-13-23)16-5-7-17(27-2)8-6-16/h3-8,10H,9,11-15H2,1-2H3,(H,21,25). The number of rotatable bonds is 6. The van der Waals surface area contributed by atoms with Gasteiger partial charge in [-0.1, -0.05) is 0 Å². The first-order valence-corrected chi connectivity index (χ1v) is 9.13. The molecule has 1 fully saturated rings. The summed E-state index contributed by atoms with van der Waals surface area (Å²) in [4.78, 5) is 28.8. The van der Waals surface area contributed by atoms with Crippen LogP contribution in [0.2, 0.25) is 0 Å². The van der Waals surface area contributed by atoms with Gasteiger partial charge in [-0.05, 0) is 36.4 Å². The summed E-state index contributed by atoms with van der Waals surface area (Å²) in [6, 6.07) is 11.4. The number of benzene rings is 1. The zero-order valence-corrected chi connectivity index (χ0v) is 15.9. The number of hydrogen-bond donors (Lipinski definition) is 1. The highest BCUT2D eigenvalue weighted by Crippen LogP contribution is 2.20. The third-order valence-corrected chi connectivity index (χ3v) is 4.89. The summed E-state index contributed by atoms with van der Waals surface area (Å²) in [6.45, 7) is 5.07. The number of hydrogen-bond acceptors (Lipinski definition) is 5. The maximum absolute atomic E-state index is 12.2. The minimum absolute atomic E-state index is 0.185. The van der Waals surface area contributed by atoms with E-state index in [1.165, 1.54) is 10.3 Å². The number of nitrogens with zero attached hydrogens (tertiary/aromatic N) is 3. The second-order valence-electron chi connectivity index (χ2n) is 6.62. The van der Waals surface area contributed by atoms with Crippen molar-refractivity contribution in [1.82, 2.24) is 14.8 Å². The Hall–Kier alpha value is -2.80. The predicted octanol–water partition coefficient (Wildman–Crippen LogP) is 0.946. The van der Waals surface area contributed by atoms with Gasteiger partial charge in [-0.2, -0.15) is 0 Å². The molecular formula is C20H26N4O3. The third-order valence-electron chi connectivity index (χ3n) is 4.89. The van der Waals surface area contributed by atoms with Gasteiger partial charge in [0.1, 0.15) is 11.3 Å². The van der Waals surface area contributed by atoms with Crippen molar-refractivity contribution < 1.29 is 9.53 Å². The smallest absolute Gasteiger partial charge is 0.263 e. The molecule has 0 atom stereocenters. The van der Waals surface area contributed by atoms with Crippen LogP contribution < -0.4 is 20.5 Å². The number of ether oxygens (including phenoxy) is 1. The van der Waals surface area contributed by atoms with E-state index in [0.717, 1.165) is 38.5 Å². The highest BCUT2D eigenvalue weighted by molar-refractivity contribution is 5.93. The van der Waals surface area contributed by atoms with E-state index in [9.17, 15) is 9.59 Å². The van der Waals surface area contributed by atoms with Gasteiger partial charge in [0, 0.05) is 58.2 Å². The molecule has 1 saturated heterocycles. The molecule has 1 aliphatic rings. The van der Waals surface area contributed by atoms with Crippen molar-refractivity contribution in [3.63, 3.8) is 0 Å². The van der Waals surface area contributed by atoms with Gasteiger partial charge in [0.2, 0.25) is 0 Å². The largest absolute Gasteiger partial charge is 0.497 e. The van der Waals surface area contributed by atoms with Crippen LogP contribution in [0.1, 0.15) is 10.4 Å². The molecule has 1 aromatic heterocycles. The number of carbonyl (C=O) groups is 1. The van der Waals surface area contributed by atoms with Gasteiger partial charge in [-0.25, -0.2) is 0 Å². The lowest BCUT2D eigenvalue weighted by atomic mass is 10.2. The second-order valence-corrected chi connectivity index (χ2v) is 6.62. The quantitative estimate of drug-likeness (QED) is 0.820.